The van der Waals surface area contributed by atoms with Crippen LogP contribution in [-0.4, -0.2) is 10.5 Å². The van der Waals surface area contributed by atoms with Gasteiger partial charge in [-0.05, 0) is 44.2 Å². The van der Waals surface area contributed by atoms with Gasteiger partial charge < -0.3 is 9.88 Å². The van der Waals surface area contributed by atoms with Gasteiger partial charge in [0, 0.05) is 29.7 Å². The van der Waals surface area contributed by atoms with Gasteiger partial charge in [-0.1, -0.05) is 51.8 Å². The fourth-order valence-electron chi connectivity index (χ4n) is 3.40. The lowest BCUT2D eigenvalue weighted by Crippen LogP contribution is -2.29. The van der Waals surface area contributed by atoms with E-state index in [4.69, 9.17) is 0 Å². The third kappa shape index (κ3) is 5.31. The van der Waals surface area contributed by atoms with E-state index in [0.717, 1.165) is 48.4 Å². The molecule has 0 aliphatic carbocycles. The summed E-state index contributed by atoms with van der Waals surface area (Å²) in [5.41, 5.74) is 3.61. The van der Waals surface area contributed by atoms with Gasteiger partial charge in [-0.25, -0.2) is 0 Å². The molecule has 146 valence electrons. The maximum atomic E-state index is 13.1. The molecule has 2 rings (SSSR count). The summed E-state index contributed by atoms with van der Waals surface area (Å²) < 4.78 is 2.17. The Kier molecular flexibility index (Phi) is 7.40. The van der Waals surface area contributed by atoms with Gasteiger partial charge >= 0.3 is 0 Å². The average Bonchev–Trinajstić information content (AvgIpc) is 2.59. The van der Waals surface area contributed by atoms with Gasteiger partial charge in [-0.2, -0.15) is 0 Å². The molecule has 1 amide bonds. The molecule has 1 N–H and O–H groups in total. The Morgan fingerprint density at radius 1 is 1.15 bits per heavy atom. The van der Waals surface area contributed by atoms with E-state index >= 15 is 0 Å². The van der Waals surface area contributed by atoms with E-state index in [1.165, 1.54) is 0 Å². The van der Waals surface area contributed by atoms with E-state index in [-0.39, 0.29) is 16.9 Å². The van der Waals surface area contributed by atoms with Gasteiger partial charge in [0.2, 0.25) is 0 Å². The maximum absolute atomic E-state index is 13.1. The number of carbonyl (C=O) groups is 1. The van der Waals surface area contributed by atoms with E-state index in [1.54, 1.807) is 6.07 Å². The molecule has 0 atom stereocenters. The summed E-state index contributed by atoms with van der Waals surface area (Å²) in [6, 6.07) is 9.23. The molecule has 0 unspecified atom stereocenters. The lowest BCUT2D eigenvalue weighted by molar-refractivity contribution is 0.102. The van der Waals surface area contributed by atoms with Gasteiger partial charge in [0.05, 0.1) is 0 Å². The number of aromatic nitrogens is 1. The van der Waals surface area contributed by atoms with Crippen molar-refractivity contribution in [3.05, 3.63) is 63.1 Å². The van der Waals surface area contributed by atoms with Crippen LogP contribution in [0.2, 0.25) is 0 Å². The van der Waals surface area contributed by atoms with Crippen molar-refractivity contribution in [2.45, 2.75) is 66.8 Å². The lowest BCUT2D eigenvalue weighted by Gasteiger charge is -2.21. The molecular formula is C23H32N2O2. The number of pyridine rings is 1. The van der Waals surface area contributed by atoms with Crippen molar-refractivity contribution in [3.63, 3.8) is 0 Å². The molecule has 0 aliphatic heterocycles. The summed E-state index contributed by atoms with van der Waals surface area (Å²) in [7, 11) is 0. The number of unbranched alkanes of at least 4 members (excludes halogenated alkanes) is 2. The standard InChI is InChI=1S/C23H32N2O2/c1-6-7-10-13-25-18(5)15-21(26)22(20(25)14-16(2)3)23(27)24-19-12-9-8-11-17(19)4/h8-9,11-12,15-16H,6-7,10,13-14H2,1-5H3,(H,24,27). The lowest BCUT2D eigenvalue weighted by atomic mass is 10.0. The normalized spacial score (nSPS) is 11.0. The zero-order chi connectivity index (χ0) is 20.0. The first kappa shape index (κ1) is 20.9. The van der Waals surface area contributed by atoms with Gasteiger partial charge in [-0.15, -0.1) is 0 Å². The molecule has 4 nitrogen and oxygen atoms in total. The van der Waals surface area contributed by atoms with E-state index in [0.29, 0.717) is 12.3 Å². The highest BCUT2D eigenvalue weighted by Crippen LogP contribution is 2.19. The van der Waals surface area contributed by atoms with Crippen LogP contribution in [0.3, 0.4) is 0 Å². The van der Waals surface area contributed by atoms with Gasteiger partial charge in [0.15, 0.2) is 5.43 Å². The Labute approximate surface area is 162 Å². The molecule has 0 fully saturated rings. The summed E-state index contributed by atoms with van der Waals surface area (Å²) in [5, 5.41) is 2.94. The van der Waals surface area contributed by atoms with Crippen LogP contribution < -0.4 is 10.7 Å². The predicted octanol–water partition coefficient (Wildman–Crippen LogP) is 5.11. The Morgan fingerprint density at radius 3 is 2.48 bits per heavy atom. The molecule has 0 saturated carbocycles. The minimum absolute atomic E-state index is 0.194. The molecule has 27 heavy (non-hydrogen) atoms. The summed E-state index contributed by atoms with van der Waals surface area (Å²) in [6.07, 6.45) is 4.03. The number of anilines is 1. The zero-order valence-electron chi connectivity index (χ0n) is 17.3. The Morgan fingerprint density at radius 2 is 1.85 bits per heavy atom. The Hall–Kier alpha value is -2.36. The third-order valence-electron chi connectivity index (χ3n) is 4.83. The Bertz CT molecular complexity index is 850. The first-order chi connectivity index (χ1) is 12.8. The monoisotopic (exact) mass is 368 g/mol. The molecular weight excluding hydrogens is 336 g/mol. The minimum Gasteiger partial charge on any atom is -0.348 e. The fourth-order valence-corrected chi connectivity index (χ4v) is 3.40. The molecule has 1 heterocycles. The summed E-state index contributed by atoms with van der Waals surface area (Å²) in [6.45, 7) is 11.2. The van der Waals surface area contributed by atoms with Crippen molar-refractivity contribution in [1.29, 1.82) is 0 Å². The van der Waals surface area contributed by atoms with E-state index in [9.17, 15) is 9.59 Å². The molecule has 1 aromatic carbocycles. The highest BCUT2D eigenvalue weighted by Gasteiger charge is 2.21. The molecule has 2 aromatic rings. The van der Waals surface area contributed by atoms with Crippen LogP contribution in [0.5, 0.6) is 0 Å². The number of hydrogen-bond donors (Lipinski definition) is 1. The molecule has 0 spiro atoms. The number of amides is 1. The van der Waals surface area contributed by atoms with Crippen LogP contribution in [0.4, 0.5) is 5.69 Å². The first-order valence-corrected chi connectivity index (χ1v) is 9.95. The quantitative estimate of drug-likeness (QED) is 0.659. The van der Waals surface area contributed by atoms with Crippen molar-refractivity contribution in [2.75, 3.05) is 5.32 Å². The second-order valence-corrected chi connectivity index (χ2v) is 7.70. The number of nitrogens with zero attached hydrogens (tertiary/aromatic N) is 1. The van der Waals surface area contributed by atoms with Crippen LogP contribution in [0.15, 0.2) is 35.1 Å². The maximum Gasteiger partial charge on any atom is 0.261 e. The van der Waals surface area contributed by atoms with Crippen LogP contribution in [0.25, 0.3) is 0 Å². The van der Waals surface area contributed by atoms with Gasteiger partial charge in [0.25, 0.3) is 5.91 Å². The Balaban J connectivity index is 2.49. The molecule has 0 saturated heterocycles. The van der Waals surface area contributed by atoms with Crippen LogP contribution in [0, 0.1) is 19.8 Å². The van der Waals surface area contributed by atoms with Gasteiger partial charge in [-0.3, -0.25) is 9.59 Å². The molecule has 1 aromatic heterocycles. The highest BCUT2D eigenvalue weighted by atomic mass is 16.2. The number of nitrogens with one attached hydrogen (secondary N) is 1. The van der Waals surface area contributed by atoms with E-state index < -0.39 is 0 Å². The van der Waals surface area contributed by atoms with E-state index in [2.05, 4.69) is 30.7 Å². The average molecular weight is 369 g/mol. The number of hydrogen-bond acceptors (Lipinski definition) is 2. The van der Waals surface area contributed by atoms with Crippen LogP contribution in [0.1, 0.15) is 67.3 Å². The molecule has 0 radical (unpaired) electrons. The summed E-state index contributed by atoms with van der Waals surface area (Å²) in [4.78, 5) is 25.8. The molecule has 0 bridgehead atoms. The second-order valence-electron chi connectivity index (χ2n) is 7.70. The van der Waals surface area contributed by atoms with Gasteiger partial charge in [0.1, 0.15) is 5.56 Å². The van der Waals surface area contributed by atoms with Crippen LogP contribution >= 0.6 is 0 Å². The van der Waals surface area contributed by atoms with Crippen molar-refractivity contribution >= 4 is 11.6 Å². The molecule has 4 heteroatoms. The first-order valence-electron chi connectivity index (χ1n) is 9.95. The largest absolute Gasteiger partial charge is 0.348 e. The highest BCUT2D eigenvalue weighted by molar-refractivity contribution is 6.05. The van der Waals surface area contributed by atoms with Crippen molar-refractivity contribution in [1.82, 2.24) is 4.57 Å². The number of para-hydroxylation sites is 1. The second kappa shape index (κ2) is 9.54. The number of benzene rings is 1. The number of carbonyl (C=O) groups excluding carboxylic acids is 1. The smallest absolute Gasteiger partial charge is 0.261 e. The topological polar surface area (TPSA) is 51.1 Å². The van der Waals surface area contributed by atoms with Crippen molar-refractivity contribution in [2.24, 2.45) is 5.92 Å². The minimum atomic E-state index is -0.311. The van der Waals surface area contributed by atoms with Crippen molar-refractivity contribution in [3.8, 4) is 0 Å². The zero-order valence-corrected chi connectivity index (χ0v) is 17.3. The predicted molar refractivity (Wildman–Crippen MR) is 113 cm³/mol. The fraction of sp³-hybridized carbons (Fsp3) is 0.478. The SMILES string of the molecule is CCCCCn1c(C)cc(=O)c(C(=O)Nc2ccccc2C)c1CC(C)C. The molecule has 0 aliphatic rings. The van der Waals surface area contributed by atoms with Crippen molar-refractivity contribution < 1.29 is 4.79 Å². The summed E-state index contributed by atoms with van der Waals surface area (Å²) in [5.74, 6) is 0.0443. The third-order valence-corrected chi connectivity index (χ3v) is 4.83. The van der Waals surface area contributed by atoms with Crippen LogP contribution in [-0.2, 0) is 13.0 Å². The number of rotatable bonds is 8. The number of aryl methyl sites for hydroxylation is 2. The summed E-state index contributed by atoms with van der Waals surface area (Å²) >= 11 is 0. The van der Waals surface area contributed by atoms with E-state index in [1.807, 2.05) is 38.1 Å².